The van der Waals surface area contributed by atoms with Crippen LogP contribution in [0, 0.1) is 0 Å². The lowest BCUT2D eigenvalue weighted by molar-refractivity contribution is -0.115. The molecule has 2 rings (SSSR count). The molecule has 0 aliphatic carbocycles. The molecule has 3 N–H and O–H groups in total. The molecule has 1 heterocycles. The number of hydrogen-bond donors (Lipinski definition) is 2. The first-order chi connectivity index (χ1) is 8.19. The van der Waals surface area contributed by atoms with E-state index in [1.54, 1.807) is 0 Å². The van der Waals surface area contributed by atoms with Gasteiger partial charge in [-0.1, -0.05) is 11.8 Å². The summed E-state index contributed by atoms with van der Waals surface area (Å²) in [5.41, 5.74) is 6.82. The molecule has 0 bridgehead atoms. The molecule has 6 heteroatoms. The van der Waals surface area contributed by atoms with Gasteiger partial charge in [-0.25, -0.2) is 4.98 Å². The van der Waals surface area contributed by atoms with Crippen molar-refractivity contribution in [2.75, 3.05) is 12.4 Å². The van der Waals surface area contributed by atoms with E-state index >= 15 is 0 Å². The molecule has 0 spiro atoms. The molecular formula is C11H13N3O2S. The highest BCUT2D eigenvalue weighted by Gasteiger charge is 2.05. The van der Waals surface area contributed by atoms with Crippen LogP contribution in [-0.4, -0.2) is 28.2 Å². The third-order valence-corrected chi connectivity index (χ3v) is 2.99. The standard InChI is InChI=1S/C11H13N3O2S/c1-2-16-7-3-4-8-9(5-7)14-11(13-8)17-6-10(12)15/h3-5H,2,6H2,1H3,(H2,12,15)(H,13,14). The maximum absolute atomic E-state index is 10.7. The number of nitrogens with two attached hydrogens (primary N) is 1. The van der Waals surface area contributed by atoms with Crippen molar-refractivity contribution >= 4 is 28.7 Å². The topological polar surface area (TPSA) is 81.0 Å². The zero-order valence-corrected chi connectivity index (χ0v) is 10.2. The molecule has 0 fully saturated rings. The quantitative estimate of drug-likeness (QED) is 0.790. The summed E-state index contributed by atoms with van der Waals surface area (Å²) in [6.45, 7) is 2.56. The molecule has 5 nitrogen and oxygen atoms in total. The predicted octanol–water partition coefficient (Wildman–Crippen LogP) is 1.54. The van der Waals surface area contributed by atoms with Crippen molar-refractivity contribution in [2.24, 2.45) is 5.73 Å². The zero-order valence-electron chi connectivity index (χ0n) is 9.40. The molecule has 0 aliphatic heterocycles. The number of fused-ring (bicyclic) bond motifs is 1. The van der Waals surface area contributed by atoms with Gasteiger partial charge in [0.1, 0.15) is 5.75 Å². The normalized spacial score (nSPS) is 10.6. The van der Waals surface area contributed by atoms with Crippen molar-refractivity contribution in [1.29, 1.82) is 0 Å². The zero-order chi connectivity index (χ0) is 12.3. The number of aromatic amines is 1. The van der Waals surface area contributed by atoms with Gasteiger partial charge >= 0.3 is 0 Å². The average Bonchev–Trinajstić information content (AvgIpc) is 2.69. The van der Waals surface area contributed by atoms with E-state index in [1.807, 2.05) is 25.1 Å². The fourth-order valence-corrected chi connectivity index (χ4v) is 2.05. The van der Waals surface area contributed by atoms with Gasteiger partial charge in [-0.3, -0.25) is 4.79 Å². The van der Waals surface area contributed by atoms with Gasteiger partial charge in [0.2, 0.25) is 5.91 Å². The highest BCUT2D eigenvalue weighted by atomic mass is 32.2. The van der Waals surface area contributed by atoms with Crippen molar-refractivity contribution in [1.82, 2.24) is 9.97 Å². The third-order valence-electron chi connectivity index (χ3n) is 2.09. The smallest absolute Gasteiger partial charge is 0.227 e. The number of benzene rings is 1. The molecule has 0 unspecified atom stereocenters. The van der Waals surface area contributed by atoms with Gasteiger partial charge in [-0.2, -0.15) is 0 Å². The lowest BCUT2D eigenvalue weighted by Gasteiger charge is -2.00. The summed E-state index contributed by atoms with van der Waals surface area (Å²) in [5.74, 6) is 0.665. The molecular weight excluding hydrogens is 238 g/mol. The molecule has 0 radical (unpaired) electrons. The number of nitrogens with one attached hydrogen (secondary N) is 1. The van der Waals surface area contributed by atoms with E-state index in [-0.39, 0.29) is 11.7 Å². The maximum atomic E-state index is 10.7. The molecule has 0 saturated heterocycles. The van der Waals surface area contributed by atoms with Gasteiger partial charge < -0.3 is 15.5 Å². The Morgan fingerprint density at radius 2 is 2.41 bits per heavy atom. The van der Waals surface area contributed by atoms with Crippen molar-refractivity contribution in [3.8, 4) is 5.75 Å². The molecule has 90 valence electrons. The molecule has 0 atom stereocenters. The molecule has 0 saturated carbocycles. The number of carbonyl (C=O) groups excluding carboxylic acids is 1. The van der Waals surface area contributed by atoms with Crippen LogP contribution in [0.4, 0.5) is 0 Å². The molecule has 1 aromatic carbocycles. The number of thioether (sulfide) groups is 1. The van der Waals surface area contributed by atoms with Crippen LogP contribution >= 0.6 is 11.8 Å². The predicted molar refractivity (Wildman–Crippen MR) is 67.2 cm³/mol. The van der Waals surface area contributed by atoms with Crippen molar-refractivity contribution in [3.63, 3.8) is 0 Å². The van der Waals surface area contributed by atoms with E-state index in [0.717, 1.165) is 16.8 Å². The minimum Gasteiger partial charge on any atom is -0.494 e. The molecule has 1 amide bonds. The van der Waals surface area contributed by atoms with Gasteiger partial charge in [0.15, 0.2) is 5.16 Å². The van der Waals surface area contributed by atoms with Gasteiger partial charge in [0.05, 0.1) is 23.4 Å². The van der Waals surface area contributed by atoms with Crippen LogP contribution in [0.15, 0.2) is 23.4 Å². The third kappa shape index (κ3) is 2.91. The first kappa shape index (κ1) is 11.8. The number of H-pyrrole nitrogens is 1. The Hall–Kier alpha value is -1.69. The Kier molecular flexibility index (Phi) is 3.53. The number of nitrogens with zero attached hydrogens (tertiary/aromatic N) is 1. The van der Waals surface area contributed by atoms with E-state index in [2.05, 4.69) is 9.97 Å². The number of ether oxygens (including phenoxy) is 1. The highest BCUT2D eigenvalue weighted by molar-refractivity contribution is 7.99. The van der Waals surface area contributed by atoms with Gasteiger partial charge in [0, 0.05) is 6.07 Å². The lowest BCUT2D eigenvalue weighted by Crippen LogP contribution is -2.13. The Labute approximate surface area is 103 Å². The number of carbonyl (C=O) groups is 1. The minimum absolute atomic E-state index is 0.220. The van der Waals surface area contributed by atoms with Crippen molar-refractivity contribution < 1.29 is 9.53 Å². The van der Waals surface area contributed by atoms with E-state index < -0.39 is 0 Å². The average molecular weight is 251 g/mol. The number of aromatic nitrogens is 2. The second-order valence-electron chi connectivity index (χ2n) is 3.41. The summed E-state index contributed by atoms with van der Waals surface area (Å²) in [6.07, 6.45) is 0. The van der Waals surface area contributed by atoms with E-state index in [4.69, 9.17) is 10.5 Å². The fourth-order valence-electron chi connectivity index (χ4n) is 1.43. The van der Waals surface area contributed by atoms with Gasteiger partial charge in [0.25, 0.3) is 0 Å². The number of imidazole rings is 1. The van der Waals surface area contributed by atoms with Crippen LogP contribution in [0.25, 0.3) is 11.0 Å². The maximum Gasteiger partial charge on any atom is 0.227 e. The summed E-state index contributed by atoms with van der Waals surface area (Å²) in [5, 5.41) is 0.687. The largest absolute Gasteiger partial charge is 0.494 e. The highest BCUT2D eigenvalue weighted by Crippen LogP contribution is 2.23. The van der Waals surface area contributed by atoms with E-state index in [9.17, 15) is 4.79 Å². The van der Waals surface area contributed by atoms with Crippen LogP contribution in [-0.2, 0) is 4.79 Å². The monoisotopic (exact) mass is 251 g/mol. The summed E-state index contributed by atoms with van der Waals surface area (Å²) in [4.78, 5) is 18.1. The van der Waals surface area contributed by atoms with Crippen LogP contribution in [0.1, 0.15) is 6.92 Å². The Morgan fingerprint density at radius 1 is 1.59 bits per heavy atom. The second-order valence-corrected chi connectivity index (χ2v) is 4.37. The molecule has 17 heavy (non-hydrogen) atoms. The number of hydrogen-bond acceptors (Lipinski definition) is 4. The second kappa shape index (κ2) is 5.09. The number of rotatable bonds is 5. The minimum atomic E-state index is -0.356. The van der Waals surface area contributed by atoms with Gasteiger partial charge in [-0.05, 0) is 19.1 Å². The van der Waals surface area contributed by atoms with Crippen molar-refractivity contribution in [2.45, 2.75) is 12.1 Å². The Bertz CT molecular complexity index is 538. The van der Waals surface area contributed by atoms with Crippen LogP contribution in [0.3, 0.4) is 0 Å². The van der Waals surface area contributed by atoms with E-state index in [0.29, 0.717) is 11.8 Å². The van der Waals surface area contributed by atoms with E-state index in [1.165, 1.54) is 11.8 Å². The number of primary amides is 1. The van der Waals surface area contributed by atoms with Crippen LogP contribution in [0.5, 0.6) is 5.75 Å². The lowest BCUT2D eigenvalue weighted by atomic mass is 10.3. The molecule has 2 aromatic rings. The summed E-state index contributed by atoms with van der Waals surface area (Å²) in [6, 6.07) is 5.64. The summed E-state index contributed by atoms with van der Waals surface area (Å²) in [7, 11) is 0. The SMILES string of the molecule is CCOc1ccc2nc(SCC(N)=O)[nH]c2c1. The molecule has 0 aliphatic rings. The van der Waals surface area contributed by atoms with Crippen molar-refractivity contribution in [3.05, 3.63) is 18.2 Å². The Balaban J connectivity index is 2.21. The van der Waals surface area contributed by atoms with Crippen LogP contribution < -0.4 is 10.5 Å². The first-order valence-corrected chi connectivity index (χ1v) is 6.21. The molecule has 1 aromatic heterocycles. The van der Waals surface area contributed by atoms with Gasteiger partial charge in [-0.15, -0.1) is 0 Å². The fraction of sp³-hybridized carbons (Fsp3) is 0.273. The summed E-state index contributed by atoms with van der Waals surface area (Å²) >= 11 is 1.29. The van der Waals surface area contributed by atoms with Crippen LogP contribution in [0.2, 0.25) is 0 Å². The summed E-state index contributed by atoms with van der Waals surface area (Å²) < 4.78 is 5.39. The first-order valence-electron chi connectivity index (χ1n) is 5.22. The Morgan fingerprint density at radius 3 is 3.12 bits per heavy atom. The number of amides is 1.